The Morgan fingerprint density at radius 2 is 1.65 bits per heavy atom. The van der Waals surface area contributed by atoms with E-state index in [1.807, 2.05) is 19.9 Å². The summed E-state index contributed by atoms with van der Waals surface area (Å²) in [6, 6.07) is 11.8. The van der Waals surface area contributed by atoms with Crippen molar-refractivity contribution in [1.29, 1.82) is 0 Å². The number of fused-ring (bicyclic) bond motifs is 1. The number of ether oxygens (including phenoxy) is 2. The van der Waals surface area contributed by atoms with Crippen LogP contribution in [0.1, 0.15) is 26.7 Å². The Labute approximate surface area is 153 Å². The average molecular weight is 374 g/mol. The molecule has 1 aromatic heterocycles. The number of hydrogen-bond donors (Lipinski definition) is 0. The minimum Gasteiger partial charge on any atom is -0.490 e. The summed E-state index contributed by atoms with van der Waals surface area (Å²) in [6.07, 6.45) is 3.00. The molecule has 0 radical (unpaired) electrons. The zero-order valence-corrected chi connectivity index (χ0v) is 15.7. The molecule has 0 saturated heterocycles. The van der Waals surface area contributed by atoms with Gasteiger partial charge in [0.25, 0.3) is 10.0 Å². The van der Waals surface area contributed by atoms with Gasteiger partial charge in [0.1, 0.15) is 6.33 Å². The van der Waals surface area contributed by atoms with Gasteiger partial charge in [-0.1, -0.05) is 26.0 Å². The fourth-order valence-corrected chi connectivity index (χ4v) is 3.85. The van der Waals surface area contributed by atoms with Gasteiger partial charge in [-0.2, -0.15) is 0 Å². The maximum atomic E-state index is 13.1. The van der Waals surface area contributed by atoms with E-state index in [2.05, 4.69) is 4.98 Å². The standard InChI is InChI=1S/C19H22N2O4S/c1-3-11-24-18-10-9-15(13-19(18)25-12-4-2)26(22,23)21-14-20-16-7-5-6-8-17(16)21/h5-10,13-14H,3-4,11-12H2,1-2H3. The molecule has 0 aliphatic rings. The first kappa shape index (κ1) is 18.3. The molecule has 3 aromatic rings. The van der Waals surface area contributed by atoms with Gasteiger partial charge in [-0.25, -0.2) is 17.4 Å². The number of benzene rings is 2. The highest BCUT2D eigenvalue weighted by molar-refractivity contribution is 7.90. The van der Waals surface area contributed by atoms with Gasteiger partial charge >= 0.3 is 0 Å². The van der Waals surface area contributed by atoms with E-state index in [9.17, 15) is 8.42 Å². The van der Waals surface area contributed by atoms with Crippen LogP contribution in [-0.4, -0.2) is 30.6 Å². The monoisotopic (exact) mass is 374 g/mol. The Morgan fingerprint density at radius 3 is 2.38 bits per heavy atom. The lowest BCUT2D eigenvalue weighted by atomic mass is 10.3. The van der Waals surface area contributed by atoms with E-state index in [1.165, 1.54) is 22.4 Å². The summed E-state index contributed by atoms with van der Waals surface area (Å²) in [5.41, 5.74) is 1.16. The minimum atomic E-state index is -3.79. The van der Waals surface area contributed by atoms with Gasteiger partial charge in [-0.15, -0.1) is 0 Å². The lowest BCUT2D eigenvalue weighted by Gasteiger charge is -2.14. The van der Waals surface area contributed by atoms with E-state index >= 15 is 0 Å². The molecule has 26 heavy (non-hydrogen) atoms. The van der Waals surface area contributed by atoms with Crippen LogP contribution in [-0.2, 0) is 10.0 Å². The smallest absolute Gasteiger partial charge is 0.269 e. The second-order valence-corrected chi connectivity index (χ2v) is 7.65. The van der Waals surface area contributed by atoms with Crippen LogP contribution in [0.3, 0.4) is 0 Å². The van der Waals surface area contributed by atoms with Crippen LogP contribution in [0.15, 0.2) is 53.7 Å². The second-order valence-electron chi connectivity index (χ2n) is 5.84. The van der Waals surface area contributed by atoms with Crippen LogP contribution in [0, 0.1) is 0 Å². The third kappa shape index (κ3) is 3.53. The van der Waals surface area contributed by atoms with Crippen molar-refractivity contribution < 1.29 is 17.9 Å². The zero-order chi connectivity index (χ0) is 18.6. The summed E-state index contributed by atoms with van der Waals surface area (Å²) in [7, 11) is -3.79. The molecule has 0 N–H and O–H groups in total. The quantitative estimate of drug-likeness (QED) is 0.599. The van der Waals surface area contributed by atoms with Gasteiger partial charge in [-0.3, -0.25) is 0 Å². The van der Waals surface area contributed by atoms with Crippen molar-refractivity contribution in [3.8, 4) is 11.5 Å². The summed E-state index contributed by atoms with van der Waals surface area (Å²) in [5, 5.41) is 0. The van der Waals surface area contributed by atoms with Crippen molar-refractivity contribution in [3.63, 3.8) is 0 Å². The summed E-state index contributed by atoms with van der Waals surface area (Å²) >= 11 is 0. The van der Waals surface area contributed by atoms with Crippen molar-refractivity contribution in [1.82, 2.24) is 8.96 Å². The molecule has 0 fully saturated rings. The molecule has 1 heterocycles. The maximum Gasteiger partial charge on any atom is 0.269 e. The molecule has 3 rings (SSSR count). The average Bonchev–Trinajstić information content (AvgIpc) is 3.10. The van der Waals surface area contributed by atoms with Crippen LogP contribution < -0.4 is 9.47 Å². The minimum absolute atomic E-state index is 0.135. The first-order chi connectivity index (χ1) is 12.6. The Hall–Kier alpha value is -2.54. The van der Waals surface area contributed by atoms with Gasteiger partial charge in [0.15, 0.2) is 11.5 Å². The van der Waals surface area contributed by atoms with E-state index in [0.29, 0.717) is 35.7 Å². The van der Waals surface area contributed by atoms with Crippen molar-refractivity contribution >= 4 is 21.1 Å². The van der Waals surface area contributed by atoms with E-state index in [-0.39, 0.29) is 4.90 Å². The maximum absolute atomic E-state index is 13.1. The fraction of sp³-hybridized carbons (Fsp3) is 0.316. The number of nitrogens with zero attached hydrogens (tertiary/aromatic N) is 2. The lowest BCUT2D eigenvalue weighted by Crippen LogP contribution is -2.12. The van der Waals surface area contributed by atoms with Gasteiger partial charge in [-0.05, 0) is 37.1 Å². The highest BCUT2D eigenvalue weighted by Crippen LogP contribution is 2.32. The van der Waals surface area contributed by atoms with Gasteiger partial charge in [0.2, 0.25) is 0 Å². The summed E-state index contributed by atoms with van der Waals surface area (Å²) < 4.78 is 38.7. The number of aromatic nitrogens is 2. The largest absolute Gasteiger partial charge is 0.490 e. The van der Waals surface area contributed by atoms with Gasteiger partial charge in [0.05, 0.1) is 29.1 Å². The molecule has 138 valence electrons. The molecular weight excluding hydrogens is 352 g/mol. The molecule has 0 aliphatic heterocycles. The normalized spacial score (nSPS) is 11.6. The molecule has 0 bridgehead atoms. The number of rotatable bonds is 8. The topological polar surface area (TPSA) is 70.4 Å². The molecular formula is C19H22N2O4S. The fourth-order valence-electron chi connectivity index (χ4n) is 2.55. The van der Waals surface area contributed by atoms with Crippen molar-refractivity contribution in [3.05, 3.63) is 48.8 Å². The number of imidazole rings is 1. The zero-order valence-electron chi connectivity index (χ0n) is 14.9. The van der Waals surface area contributed by atoms with Crippen molar-refractivity contribution in [2.75, 3.05) is 13.2 Å². The third-order valence-electron chi connectivity index (χ3n) is 3.82. The Balaban J connectivity index is 2.04. The second kappa shape index (κ2) is 7.78. The molecule has 6 nitrogen and oxygen atoms in total. The Bertz CT molecular complexity index is 996. The molecule has 0 spiro atoms. The molecule has 0 aliphatic carbocycles. The SMILES string of the molecule is CCCOc1ccc(S(=O)(=O)n2cnc3ccccc32)cc1OCCC. The van der Waals surface area contributed by atoms with Crippen LogP contribution in [0.4, 0.5) is 0 Å². The molecule has 2 aromatic carbocycles. The van der Waals surface area contributed by atoms with Crippen molar-refractivity contribution in [2.45, 2.75) is 31.6 Å². The Morgan fingerprint density at radius 1 is 0.962 bits per heavy atom. The first-order valence-corrected chi connectivity index (χ1v) is 10.1. The van der Waals surface area contributed by atoms with Gasteiger partial charge in [0, 0.05) is 6.07 Å². The predicted octanol–water partition coefficient (Wildman–Crippen LogP) is 3.85. The number of hydrogen-bond acceptors (Lipinski definition) is 5. The highest BCUT2D eigenvalue weighted by atomic mass is 32.2. The lowest BCUT2D eigenvalue weighted by molar-refractivity contribution is 0.267. The first-order valence-electron chi connectivity index (χ1n) is 8.65. The molecule has 0 atom stereocenters. The summed E-state index contributed by atoms with van der Waals surface area (Å²) in [5.74, 6) is 0.987. The third-order valence-corrected chi connectivity index (χ3v) is 5.47. The van der Waals surface area contributed by atoms with E-state index in [4.69, 9.17) is 9.47 Å². The molecule has 0 saturated carbocycles. The molecule has 0 amide bonds. The molecule has 7 heteroatoms. The Kier molecular flexibility index (Phi) is 5.46. The van der Waals surface area contributed by atoms with E-state index in [1.54, 1.807) is 24.3 Å². The van der Waals surface area contributed by atoms with Crippen LogP contribution >= 0.6 is 0 Å². The van der Waals surface area contributed by atoms with Crippen LogP contribution in [0.5, 0.6) is 11.5 Å². The van der Waals surface area contributed by atoms with Gasteiger partial charge < -0.3 is 9.47 Å². The van der Waals surface area contributed by atoms with Crippen molar-refractivity contribution in [2.24, 2.45) is 0 Å². The molecule has 0 unspecified atom stereocenters. The predicted molar refractivity (Wildman–Crippen MR) is 100 cm³/mol. The van der Waals surface area contributed by atoms with Crippen LogP contribution in [0.25, 0.3) is 11.0 Å². The summed E-state index contributed by atoms with van der Waals surface area (Å²) in [6.45, 7) is 5.03. The van der Waals surface area contributed by atoms with Crippen LogP contribution in [0.2, 0.25) is 0 Å². The van der Waals surface area contributed by atoms with E-state index in [0.717, 1.165) is 12.8 Å². The van der Waals surface area contributed by atoms with E-state index < -0.39 is 10.0 Å². The number of para-hydroxylation sites is 2. The summed E-state index contributed by atoms with van der Waals surface area (Å²) in [4.78, 5) is 4.30. The highest BCUT2D eigenvalue weighted by Gasteiger charge is 2.21.